The van der Waals surface area contributed by atoms with Crippen LogP contribution in [0.4, 0.5) is 0 Å². The maximum Gasteiger partial charge on any atom is 0.337 e. The summed E-state index contributed by atoms with van der Waals surface area (Å²) in [5.74, 6) is 0. The van der Waals surface area contributed by atoms with E-state index in [0.29, 0.717) is 18.3 Å². The third kappa shape index (κ3) is 5.26. The fourth-order valence-corrected chi connectivity index (χ4v) is 0.341. The molecule has 0 bridgehead atoms. The summed E-state index contributed by atoms with van der Waals surface area (Å²) in [7, 11) is 0. The molecule has 0 atom stereocenters. The van der Waals surface area contributed by atoms with Crippen molar-refractivity contribution in [2.75, 3.05) is 19.8 Å². The highest BCUT2D eigenvalue weighted by Crippen LogP contribution is 1.76. The number of rotatable bonds is 5. The molecule has 1 amide bonds. The molecule has 1 N–H and O–H groups in total. The fraction of sp³-hybridized carbons (Fsp3) is 0.800. The number of amides is 1. The summed E-state index contributed by atoms with van der Waals surface area (Å²) >= 11 is 0. The average Bonchev–Trinajstić information content (AvgIpc) is 1.89. The average molecular weight is 132 g/mol. The van der Waals surface area contributed by atoms with Crippen molar-refractivity contribution in [3.05, 3.63) is 0 Å². The number of hydroxylamine groups is 2. The van der Waals surface area contributed by atoms with Gasteiger partial charge in [-0.1, -0.05) is 0 Å². The minimum absolute atomic E-state index is 0.178. The van der Waals surface area contributed by atoms with Crippen molar-refractivity contribution in [2.45, 2.75) is 6.92 Å². The van der Waals surface area contributed by atoms with Crippen LogP contribution < -0.4 is 0 Å². The minimum Gasteiger partial charge on any atom is -0.380 e. The molecule has 0 rings (SSSR count). The molecule has 0 heterocycles. The summed E-state index contributed by atoms with van der Waals surface area (Å²) in [4.78, 5) is 9.59. The molecule has 0 spiro atoms. The van der Waals surface area contributed by atoms with Crippen LogP contribution in [0.3, 0.4) is 0 Å². The zero-order chi connectivity index (χ0) is 7.11. The summed E-state index contributed by atoms with van der Waals surface area (Å²) in [5, 5.41) is 8.84. The van der Waals surface area contributed by atoms with Crippen molar-refractivity contribution in [1.82, 2.24) is 5.06 Å². The lowest BCUT2D eigenvalue weighted by molar-refractivity contribution is -0.0366. The maximum atomic E-state index is 9.59. The predicted octanol–water partition coefficient (Wildman–Crippen LogP) is -0.219. The van der Waals surface area contributed by atoms with Gasteiger partial charge in [-0.25, -0.2) is 5.06 Å². The monoisotopic (exact) mass is 132 g/mol. The lowest BCUT2D eigenvalue weighted by Gasteiger charge is -2.05. The molecular weight excluding hydrogens is 122 g/mol. The van der Waals surface area contributed by atoms with Crippen LogP contribution in [-0.2, 0) is 9.53 Å². The zero-order valence-electron chi connectivity index (χ0n) is 5.33. The first-order chi connectivity index (χ1) is 4.31. The van der Waals surface area contributed by atoms with Gasteiger partial charge in [0.25, 0.3) is 0 Å². The van der Waals surface area contributed by atoms with Crippen molar-refractivity contribution < 1.29 is 14.7 Å². The van der Waals surface area contributed by atoms with Crippen LogP contribution in [0.2, 0.25) is 0 Å². The highest BCUT2D eigenvalue weighted by molar-refractivity contribution is 5.45. The summed E-state index contributed by atoms with van der Waals surface area (Å²) in [6.07, 6.45) is 1.28. The van der Waals surface area contributed by atoms with E-state index in [-0.39, 0.29) is 6.54 Å². The molecule has 53 valence electrons. The molecule has 0 aromatic carbocycles. The highest BCUT2D eigenvalue weighted by atomic mass is 16.5. The first-order valence-corrected chi connectivity index (χ1v) is 2.73. The van der Waals surface area contributed by atoms with E-state index in [4.69, 9.17) is 9.94 Å². The SMILES string of the molecule is CCOCCN(O)[C]=O. The van der Waals surface area contributed by atoms with Gasteiger partial charge in [0.2, 0.25) is 0 Å². The molecule has 0 aromatic heterocycles. The Bertz CT molecular complexity index is 76.6. The third-order valence-corrected chi connectivity index (χ3v) is 0.757. The molecule has 1 radical (unpaired) electrons. The van der Waals surface area contributed by atoms with E-state index in [9.17, 15) is 4.79 Å². The number of nitrogens with zero attached hydrogens (tertiary/aromatic N) is 1. The van der Waals surface area contributed by atoms with Gasteiger partial charge < -0.3 is 4.74 Å². The largest absolute Gasteiger partial charge is 0.380 e. The van der Waals surface area contributed by atoms with E-state index < -0.39 is 0 Å². The Morgan fingerprint density at radius 1 is 1.78 bits per heavy atom. The van der Waals surface area contributed by atoms with E-state index in [0.717, 1.165) is 0 Å². The second kappa shape index (κ2) is 5.53. The van der Waals surface area contributed by atoms with Crippen LogP contribution in [0, 0.1) is 0 Å². The van der Waals surface area contributed by atoms with E-state index in [2.05, 4.69) is 0 Å². The Hall–Kier alpha value is -0.610. The van der Waals surface area contributed by atoms with Gasteiger partial charge in [0, 0.05) is 6.61 Å². The van der Waals surface area contributed by atoms with Crippen molar-refractivity contribution in [2.24, 2.45) is 0 Å². The number of hydrogen-bond acceptors (Lipinski definition) is 3. The van der Waals surface area contributed by atoms with Crippen LogP contribution >= 0.6 is 0 Å². The molecule has 4 heteroatoms. The summed E-state index contributed by atoms with van der Waals surface area (Å²) in [5.41, 5.74) is 0. The normalized spacial score (nSPS) is 9.11. The molecule has 0 saturated heterocycles. The van der Waals surface area contributed by atoms with Crippen molar-refractivity contribution in [1.29, 1.82) is 0 Å². The smallest absolute Gasteiger partial charge is 0.337 e. The molecule has 0 aliphatic rings. The highest BCUT2D eigenvalue weighted by Gasteiger charge is 1.93. The van der Waals surface area contributed by atoms with Gasteiger partial charge in [0.05, 0.1) is 13.2 Å². The van der Waals surface area contributed by atoms with Gasteiger partial charge in [0.1, 0.15) is 0 Å². The fourth-order valence-electron chi connectivity index (χ4n) is 0.341. The first-order valence-electron chi connectivity index (χ1n) is 2.73. The quantitative estimate of drug-likeness (QED) is 0.243. The Labute approximate surface area is 54.0 Å². The predicted molar refractivity (Wildman–Crippen MR) is 30.7 cm³/mol. The van der Waals surface area contributed by atoms with Gasteiger partial charge in [-0.3, -0.25) is 10.0 Å². The minimum atomic E-state index is 0.178. The molecule has 0 saturated carbocycles. The Balaban J connectivity index is 2.96. The number of carbonyl (C=O) groups excluding carboxylic acids is 1. The molecule has 0 aliphatic carbocycles. The second-order valence-electron chi connectivity index (χ2n) is 1.41. The molecule has 9 heavy (non-hydrogen) atoms. The van der Waals surface area contributed by atoms with E-state index >= 15 is 0 Å². The molecular formula is C5H10NO3. The van der Waals surface area contributed by atoms with Crippen LogP contribution in [-0.4, -0.2) is 36.4 Å². The molecule has 0 aliphatic heterocycles. The van der Waals surface area contributed by atoms with Crippen molar-refractivity contribution in [3.8, 4) is 0 Å². The summed E-state index contributed by atoms with van der Waals surface area (Å²) in [6, 6.07) is 0. The first kappa shape index (κ1) is 8.39. The summed E-state index contributed by atoms with van der Waals surface area (Å²) in [6.45, 7) is 2.96. The van der Waals surface area contributed by atoms with Gasteiger partial charge in [0.15, 0.2) is 0 Å². The molecule has 0 unspecified atom stereocenters. The van der Waals surface area contributed by atoms with Crippen LogP contribution in [0.15, 0.2) is 0 Å². The lowest BCUT2D eigenvalue weighted by Crippen LogP contribution is -2.21. The Kier molecular flexibility index (Phi) is 5.15. The Morgan fingerprint density at radius 3 is 2.89 bits per heavy atom. The van der Waals surface area contributed by atoms with Crippen LogP contribution in [0.25, 0.3) is 0 Å². The van der Waals surface area contributed by atoms with Gasteiger partial charge in [-0.2, -0.15) is 0 Å². The molecule has 4 nitrogen and oxygen atoms in total. The second-order valence-corrected chi connectivity index (χ2v) is 1.41. The van der Waals surface area contributed by atoms with Crippen molar-refractivity contribution in [3.63, 3.8) is 0 Å². The zero-order valence-corrected chi connectivity index (χ0v) is 5.33. The third-order valence-electron chi connectivity index (χ3n) is 0.757. The molecule has 0 fully saturated rings. The number of ether oxygens (including phenoxy) is 1. The Morgan fingerprint density at radius 2 is 2.44 bits per heavy atom. The maximum absolute atomic E-state index is 9.59. The van der Waals surface area contributed by atoms with Gasteiger partial charge in [-0.05, 0) is 6.92 Å². The van der Waals surface area contributed by atoms with Gasteiger partial charge in [-0.15, -0.1) is 0 Å². The van der Waals surface area contributed by atoms with Crippen molar-refractivity contribution >= 4 is 6.41 Å². The standard InChI is InChI=1S/C5H10NO3/c1-2-9-4-3-6(8)5-7/h8H,2-4H2,1H3. The van der Waals surface area contributed by atoms with E-state index in [1.54, 1.807) is 0 Å². The van der Waals surface area contributed by atoms with E-state index in [1.165, 1.54) is 6.41 Å². The van der Waals surface area contributed by atoms with Crippen LogP contribution in [0.5, 0.6) is 0 Å². The van der Waals surface area contributed by atoms with Gasteiger partial charge >= 0.3 is 6.41 Å². The van der Waals surface area contributed by atoms with Crippen LogP contribution in [0.1, 0.15) is 6.92 Å². The number of hydrogen-bond donors (Lipinski definition) is 1. The lowest BCUT2D eigenvalue weighted by atomic mass is 10.7. The topological polar surface area (TPSA) is 49.8 Å². The summed E-state index contributed by atoms with van der Waals surface area (Å²) < 4.78 is 4.83. The molecule has 0 aromatic rings. The van der Waals surface area contributed by atoms with E-state index in [1.807, 2.05) is 6.92 Å².